The van der Waals surface area contributed by atoms with Crippen LogP contribution in [0.4, 0.5) is 4.79 Å². The molecule has 3 atom stereocenters. The molecule has 0 heterocycles. The Morgan fingerprint density at radius 2 is 1.71 bits per heavy atom. The molecule has 0 saturated heterocycles. The molecule has 0 radical (unpaired) electrons. The maximum Gasteiger partial charge on any atom is 0.326 e. The van der Waals surface area contributed by atoms with Gasteiger partial charge in [-0.15, -0.1) is 0 Å². The molecule has 2 unspecified atom stereocenters. The number of carbonyl (C=O) groups excluding carboxylic acids is 1. The molecule has 0 bridgehead atoms. The Morgan fingerprint density at radius 3 is 2.19 bits per heavy atom. The number of nitrogens with one attached hydrogen (secondary N) is 2. The molecule has 0 aromatic carbocycles. The van der Waals surface area contributed by atoms with E-state index in [1.165, 1.54) is 0 Å². The third-order valence-corrected chi connectivity index (χ3v) is 3.32. The minimum absolute atomic E-state index is 0.0478. The average molecular weight is 302 g/mol. The Balaban J connectivity index is 4.22. The molecule has 2 amide bonds. The van der Waals surface area contributed by atoms with Gasteiger partial charge in [0.1, 0.15) is 6.04 Å². The maximum atomic E-state index is 11.7. The van der Waals surface area contributed by atoms with E-state index in [4.69, 9.17) is 10.2 Å². The lowest BCUT2D eigenvalue weighted by atomic mass is 10.0. The van der Waals surface area contributed by atoms with Gasteiger partial charge in [-0.1, -0.05) is 20.3 Å². The second kappa shape index (κ2) is 10.0. The third-order valence-electron chi connectivity index (χ3n) is 3.32. The predicted octanol–water partition coefficient (Wildman–Crippen LogP) is 1.82. The van der Waals surface area contributed by atoms with Crippen LogP contribution in [0.2, 0.25) is 0 Å². The van der Waals surface area contributed by atoms with Crippen LogP contribution in [0.15, 0.2) is 0 Å². The van der Waals surface area contributed by atoms with Gasteiger partial charge in [0.15, 0.2) is 0 Å². The quantitative estimate of drug-likeness (QED) is 0.491. The zero-order valence-electron chi connectivity index (χ0n) is 12.9. The summed E-state index contributed by atoms with van der Waals surface area (Å²) in [6, 6.07) is -1.65. The first kappa shape index (κ1) is 19.2. The van der Waals surface area contributed by atoms with Crippen LogP contribution in [0.3, 0.4) is 0 Å². The van der Waals surface area contributed by atoms with Crippen LogP contribution in [-0.2, 0) is 9.59 Å². The number of urea groups is 1. The summed E-state index contributed by atoms with van der Waals surface area (Å²) in [5.41, 5.74) is 0. The molecular weight excluding hydrogens is 276 g/mol. The molecule has 4 N–H and O–H groups in total. The molecule has 0 aromatic rings. The van der Waals surface area contributed by atoms with Crippen LogP contribution in [-0.4, -0.2) is 40.3 Å². The zero-order chi connectivity index (χ0) is 16.4. The Labute approximate surface area is 125 Å². The summed E-state index contributed by atoms with van der Waals surface area (Å²) in [6.45, 7) is 6.02. The number of carboxylic acids is 2. The molecular formula is C14H26N2O5. The van der Waals surface area contributed by atoms with Gasteiger partial charge in [0.25, 0.3) is 0 Å². The van der Waals surface area contributed by atoms with Crippen molar-refractivity contribution >= 4 is 18.0 Å². The van der Waals surface area contributed by atoms with Gasteiger partial charge in [-0.05, 0) is 32.1 Å². The summed E-state index contributed by atoms with van der Waals surface area (Å²) >= 11 is 0. The van der Waals surface area contributed by atoms with Crippen molar-refractivity contribution < 1.29 is 24.6 Å². The van der Waals surface area contributed by atoms with Crippen molar-refractivity contribution in [1.29, 1.82) is 0 Å². The summed E-state index contributed by atoms with van der Waals surface area (Å²) in [4.78, 5) is 33.2. The third kappa shape index (κ3) is 9.70. The minimum atomic E-state index is -1.16. The Kier molecular flexibility index (Phi) is 9.16. The largest absolute Gasteiger partial charge is 0.481 e. The number of carboxylic acid groups (broad SMARTS) is 2. The van der Waals surface area contributed by atoms with E-state index in [-0.39, 0.29) is 25.3 Å². The van der Waals surface area contributed by atoms with Crippen LogP contribution in [0.5, 0.6) is 0 Å². The fraction of sp³-hybridized carbons (Fsp3) is 0.786. The summed E-state index contributed by atoms with van der Waals surface area (Å²) in [5.74, 6) is -1.66. The molecule has 0 fully saturated rings. The molecule has 7 heteroatoms. The summed E-state index contributed by atoms with van der Waals surface area (Å²) in [5, 5.41) is 22.6. The van der Waals surface area contributed by atoms with Crippen molar-refractivity contribution in [3.8, 4) is 0 Å². The van der Waals surface area contributed by atoms with E-state index in [0.29, 0.717) is 5.92 Å². The van der Waals surface area contributed by atoms with Crippen LogP contribution in [0, 0.1) is 5.92 Å². The first-order chi connectivity index (χ1) is 9.76. The van der Waals surface area contributed by atoms with Gasteiger partial charge in [0.2, 0.25) is 0 Å². The van der Waals surface area contributed by atoms with Crippen LogP contribution in [0.25, 0.3) is 0 Å². The molecule has 0 aliphatic carbocycles. The van der Waals surface area contributed by atoms with E-state index in [9.17, 15) is 14.4 Å². The smallest absolute Gasteiger partial charge is 0.326 e. The molecule has 0 spiro atoms. The van der Waals surface area contributed by atoms with Gasteiger partial charge in [0.05, 0.1) is 0 Å². The highest BCUT2D eigenvalue weighted by atomic mass is 16.4. The van der Waals surface area contributed by atoms with Gasteiger partial charge < -0.3 is 20.8 Å². The molecule has 0 saturated carbocycles. The highest BCUT2D eigenvalue weighted by molar-refractivity contribution is 5.82. The first-order valence-electron chi connectivity index (χ1n) is 7.27. The predicted molar refractivity (Wildman–Crippen MR) is 78.1 cm³/mol. The van der Waals surface area contributed by atoms with Gasteiger partial charge in [0, 0.05) is 12.5 Å². The minimum Gasteiger partial charge on any atom is -0.481 e. The standard InChI is InChI=1S/C14H26N2O5/c1-4-9(2)8-10(3)15-14(21)16-11(13(19)20)6-5-7-12(17)18/h9-11H,4-8H2,1-3H3,(H,17,18)(H,19,20)(H2,15,16,21)/t9?,10?,11-/m1/s1. The monoisotopic (exact) mass is 302 g/mol. The van der Waals surface area contributed by atoms with Crippen molar-refractivity contribution in [3.63, 3.8) is 0 Å². The van der Waals surface area contributed by atoms with Crippen molar-refractivity contribution in [2.75, 3.05) is 0 Å². The molecule has 21 heavy (non-hydrogen) atoms. The second-order valence-electron chi connectivity index (χ2n) is 5.44. The number of aliphatic carboxylic acids is 2. The maximum absolute atomic E-state index is 11.7. The topological polar surface area (TPSA) is 116 Å². The summed E-state index contributed by atoms with van der Waals surface area (Å²) < 4.78 is 0. The van der Waals surface area contributed by atoms with Crippen molar-refractivity contribution in [2.45, 2.75) is 65.0 Å². The highest BCUT2D eigenvalue weighted by Crippen LogP contribution is 2.09. The first-order valence-corrected chi connectivity index (χ1v) is 7.27. The molecule has 122 valence electrons. The van der Waals surface area contributed by atoms with Crippen LogP contribution in [0.1, 0.15) is 52.9 Å². The van der Waals surface area contributed by atoms with E-state index < -0.39 is 24.0 Å². The molecule has 0 rings (SSSR count). The molecule has 7 nitrogen and oxygen atoms in total. The fourth-order valence-electron chi connectivity index (χ4n) is 1.97. The number of amides is 2. The van der Waals surface area contributed by atoms with Gasteiger partial charge in [-0.2, -0.15) is 0 Å². The van der Waals surface area contributed by atoms with Crippen LogP contribution < -0.4 is 10.6 Å². The number of hydrogen-bond acceptors (Lipinski definition) is 3. The molecule has 0 aliphatic heterocycles. The average Bonchev–Trinajstić information content (AvgIpc) is 2.36. The van der Waals surface area contributed by atoms with Crippen LogP contribution >= 0.6 is 0 Å². The van der Waals surface area contributed by atoms with Gasteiger partial charge in [-0.3, -0.25) is 4.79 Å². The Bertz CT molecular complexity index is 359. The van der Waals surface area contributed by atoms with E-state index >= 15 is 0 Å². The van der Waals surface area contributed by atoms with Crippen molar-refractivity contribution in [1.82, 2.24) is 10.6 Å². The zero-order valence-corrected chi connectivity index (χ0v) is 12.9. The fourth-order valence-corrected chi connectivity index (χ4v) is 1.97. The van der Waals surface area contributed by atoms with E-state index in [1.807, 2.05) is 6.92 Å². The Morgan fingerprint density at radius 1 is 1.10 bits per heavy atom. The van der Waals surface area contributed by atoms with E-state index in [0.717, 1.165) is 12.8 Å². The SMILES string of the molecule is CCC(C)CC(C)NC(=O)N[C@H](CCCC(=O)O)C(=O)O. The second-order valence-corrected chi connectivity index (χ2v) is 5.44. The van der Waals surface area contributed by atoms with E-state index in [1.54, 1.807) is 0 Å². The normalized spacial score (nSPS) is 14.8. The molecule has 0 aliphatic rings. The van der Waals surface area contributed by atoms with Gasteiger partial charge in [-0.25, -0.2) is 9.59 Å². The summed E-state index contributed by atoms with van der Waals surface area (Å²) in [7, 11) is 0. The van der Waals surface area contributed by atoms with Gasteiger partial charge >= 0.3 is 18.0 Å². The Hall–Kier alpha value is -1.79. The number of hydrogen-bond donors (Lipinski definition) is 4. The lowest BCUT2D eigenvalue weighted by molar-refractivity contribution is -0.140. The summed E-state index contributed by atoms with van der Waals surface area (Å²) in [6.07, 6.45) is 2.02. The highest BCUT2D eigenvalue weighted by Gasteiger charge is 2.20. The number of rotatable bonds is 10. The van der Waals surface area contributed by atoms with Crippen molar-refractivity contribution in [2.24, 2.45) is 5.92 Å². The van der Waals surface area contributed by atoms with Crippen molar-refractivity contribution in [3.05, 3.63) is 0 Å². The lowest BCUT2D eigenvalue weighted by Gasteiger charge is -2.20. The number of carbonyl (C=O) groups is 3. The molecule has 0 aromatic heterocycles. The lowest BCUT2D eigenvalue weighted by Crippen LogP contribution is -2.48. The van der Waals surface area contributed by atoms with E-state index in [2.05, 4.69) is 24.5 Å².